The number of nitrogens with one attached hydrogen (secondary N) is 1. The van der Waals surface area contributed by atoms with Gasteiger partial charge < -0.3 is 16.0 Å². The van der Waals surface area contributed by atoms with Gasteiger partial charge in [0.1, 0.15) is 5.82 Å². The molecule has 0 aromatic carbocycles. The molecule has 0 amide bonds. The van der Waals surface area contributed by atoms with Gasteiger partial charge in [-0.1, -0.05) is 0 Å². The molecule has 1 unspecified atom stereocenters. The quantitative estimate of drug-likeness (QED) is 0.812. The largest absolute Gasteiger partial charge is 0.391 e. The summed E-state index contributed by atoms with van der Waals surface area (Å²) in [6, 6.07) is -0.730. The number of alkyl halides is 3. The smallest absolute Gasteiger partial charge is 0.368 e. The summed E-state index contributed by atoms with van der Waals surface area (Å²) >= 11 is 0. The molecular formula is C12H18Cl2F3N7. The highest BCUT2D eigenvalue weighted by atomic mass is 35.5. The summed E-state index contributed by atoms with van der Waals surface area (Å²) in [4.78, 5) is 9.90. The normalized spacial score (nSPS) is 18.2. The zero-order valence-electron chi connectivity index (χ0n) is 12.7. The van der Waals surface area contributed by atoms with Gasteiger partial charge in [0, 0.05) is 26.7 Å². The fraction of sp³-hybridized carbons (Fsp3) is 0.583. The first-order valence-electron chi connectivity index (χ1n) is 6.84. The minimum atomic E-state index is -4.24. The van der Waals surface area contributed by atoms with Crippen molar-refractivity contribution in [2.45, 2.75) is 18.6 Å². The van der Waals surface area contributed by atoms with Crippen molar-refractivity contribution in [1.82, 2.24) is 25.1 Å². The van der Waals surface area contributed by atoms with Gasteiger partial charge in [-0.3, -0.25) is 4.68 Å². The summed E-state index contributed by atoms with van der Waals surface area (Å²) in [5, 5.41) is 7.68. The molecule has 3 N–H and O–H groups in total. The average Bonchev–Trinajstić information content (AvgIpc) is 2.79. The molecule has 7 nitrogen and oxygen atoms in total. The van der Waals surface area contributed by atoms with Gasteiger partial charge in [-0.05, 0) is 0 Å². The van der Waals surface area contributed by atoms with Crippen LogP contribution in [-0.2, 0) is 7.05 Å². The molecule has 1 aliphatic heterocycles. The van der Waals surface area contributed by atoms with E-state index in [2.05, 4.69) is 20.4 Å². The number of hydrogen-bond donors (Lipinski definition) is 2. The standard InChI is InChI=1S/C12H16F3N7.2ClH/c1-21-9-8(6-18-21)10(20-11(16)19-9)22-3-2-17-5-7(22)4-12(13,14)15;;/h6-7,17H,2-5H2,1H3,(H2,16,19,20);2*1H. The SMILES string of the molecule is Cl.Cl.Cn1ncc2c(N3CCNCC3CC(F)(F)F)nc(N)nc21. The first kappa shape index (κ1) is 20.5. The number of rotatable bonds is 2. The Bertz CT molecular complexity index is 691. The number of nitrogen functional groups attached to an aromatic ring is 1. The lowest BCUT2D eigenvalue weighted by Gasteiger charge is -2.37. The number of hydrogen-bond acceptors (Lipinski definition) is 6. The van der Waals surface area contributed by atoms with Crippen molar-refractivity contribution < 1.29 is 13.2 Å². The fourth-order valence-corrected chi connectivity index (χ4v) is 2.73. The van der Waals surface area contributed by atoms with Crippen LogP contribution in [0, 0.1) is 0 Å². The number of fused-ring (bicyclic) bond motifs is 1. The summed E-state index contributed by atoms with van der Waals surface area (Å²) in [6.45, 7) is 1.24. The lowest BCUT2D eigenvalue weighted by atomic mass is 10.1. The second-order valence-corrected chi connectivity index (χ2v) is 5.28. The maximum absolute atomic E-state index is 12.8. The van der Waals surface area contributed by atoms with Crippen LogP contribution < -0.4 is 16.0 Å². The van der Waals surface area contributed by atoms with Crippen LogP contribution in [0.1, 0.15) is 6.42 Å². The molecule has 1 saturated heterocycles. The van der Waals surface area contributed by atoms with E-state index in [-0.39, 0.29) is 37.3 Å². The number of halogens is 5. The van der Waals surface area contributed by atoms with Crippen molar-refractivity contribution in [3.05, 3.63) is 6.20 Å². The van der Waals surface area contributed by atoms with Gasteiger partial charge in [0.15, 0.2) is 5.65 Å². The number of piperazine rings is 1. The molecule has 0 aliphatic carbocycles. The van der Waals surface area contributed by atoms with Crippen molar-refractivity contribution in [2.75, 3.05) is 30.3 Å². The molecule has 1 atom stereocenters. The molecular weight excluding hydrogens is 370 g/mol. The van der Waals surface area contributed by atoms with Crippen molar-refractivity contribution in [3.8, 4) is 0 Å². The highest BCUT2D eigenvalue weighted by Gasteiger charge is 2.37. The lowest BCUT2D eigenvalue weighted by molar-refractivity contribution is -0.138. The van der Waals surface area contributed by atoms with Crippen LogP contribution in [0.4, 0.5) is 24.9 Å². The third-order valence-corrected chi connectivity index (χ3v) is 3.68. The molecule has 2 aromatic heterocycles. The molecule has 3 rings (SSSR count). The van der Waals surface area contributed by atoms with Gasteiger partial charge in [-0.25, -0.2) is 0 Å². The molecule has 1 aliphatic rings. The molecule has 24 heavy (non-hydrogen) atoms. The summed E-state index contributed by atoms with van der Waals surface area (Å²) in [5.41, 5.74) is 6.21. The van der Waals surface area contributed by atoms with Gasteiger partial charge in [0.25, 0.3) is 0 Å². The Balaban J connectivity index is 0.00000144. The second-order valence-electron chi connectivity index (χ2n) is 5.28. The Kier molecular flexibility index (Phi) is 6.48. The number of aryl methyl sites for hydroxylation is 1. The van der Waals surface area contributed by atoms with E-state index in [0.717, 1.165) is 0 Å². The second kappa shape index (κ2) is 7.58. The zero-order valence-corrected chi connectivity index (χ0v) is 14.4. The van der Waals surface area contributed by atoms with Gasteiger partial charge in [0.2, 0.25) is 5.95 Å². The molecule has 0 bridgehead atoms. The van der Waals surface area contributed by atoms with Crippen molar-refractivity contribution >= 4 is 47.6 Å². The van der Waals surface area contributed by atoms with E-state index in [1.165, 1.54) is 4.68 Å². The van der Waals surface area contributed by atoms with Gasteiger partial charge in [0.05, 0.1) is 24.0 Å². The van der Waals surface area contributed by atoms with Crippen LogP contribution >= 0.6 is 24.8 Å². The summed E-state index contributed by atoms with van der Waals surface area (Å²) in [7, 11) is 1.70. The average molecular weight is 388 g/mol. The minimum absolute atomic E-state index is 0. The Labute approximate surface area is 148 Å². The summed E-state index contributed by atoms with van der Waals surface area (Å²) in [6.07, 6.45) is -3.60. The van der Waals surface area contributed by atoms with E-state index in [0.29, 0.717) is 29.9 Å². The van der Waals surface area contributed by atoms with Crippen LogP contribution in [0.3, 0.4) is 0 Å². The van der Waals surface area contributed by atoms with Crippen molar-refractivity contribution in [1.29, 1.82) is 0 Å². The number of nitrogens with zero attached hydrogens (tertiary/aromatic N) is 5. The highest BCUT2D eigenvalue weighted by molar-refractivity contribution is 5.88. The van der Waals surface area contributed by atoms with Crippen LogP contribution in [0.2, 0.25) is 0 Å². The molecule has 0 spiro atoms. The predicted molar refractivity (Wildman–Crippen MR) is 89.9 cm³/mol. The third-order valence-electron chi connectivity index (χ3n) is 3.68. The number of anilines is 2. The Morgan fingerprint density at radius 1 is 1.33 bits per heavy atom. The first-order valence-corrected chi connectivity index (χ1v) is 6.84. The van der Waals surface area contributed by atoms with E-state index in [4.69, 9.17) is 5.73 Å². The van der Waals surface area contributed by atoms with E-state index >= 15 is 0 Å². The maximum atomic E-state index is 12.8. The number of nitrogens with two attached hydrogens (primary N) is 1. The van der Waals surface area contributed by atoms with Gasteiger partial charge >= 0.3 is 6.18 Å². The minimum Gasteiger partial charge on any atom is -0.368 e. The zero-order chi connectivity index (χ0) is 15.9. The summed E-state index contributed by atoms with van der Waals surface area (Å²) < 4.78 is 39.9. The molecule has 1 fully saturated rings. The fourth-order valence-electron chi connectivity index (χ4n) is 2.73. The third kappa shape index (κ3) is 4.11. The Morgan fingerprint density at radius 2 is 2.04 bits per heavy atom. The Hall–Kier alpha value is -1.52. The van der Waals surface area contributed by atoms with E-state index < -0.39 is 18.6 Å². The first-order chi connectivity index (χ1) is 10.3. The van der Waals surface area contributed by atoms with Crippen molar-refractivity contribution in [2.24, 2.45) is 7.05 Å². The molecule has 0 saturated carbocycles. The number of aromatic nitrogens is 4. The van der Waals surface area contributed by atoms with E-state index in [9.17, 15) is 13.2 Å². The van der Waals surface area contributed by atoms with Gasteiger partial charge in [-0.2, -0.15) is 28.2 Å². The van der Waals surface area contributed by atoms with Crippen LogP contribution in [0.25, 0.3) is 11.0 Å². The van der Waals surface area contributed by atoms with Gasteiger partial charge in [-0.15, -0.1) is 24.8 Å². The van der Waals surface area contributed by atoms with Crippen LogP contribution in [-0.4, -0.2) is 51.6 Å². The Morgan fingerprint density at radius 3 is 2.71 bits per heavy atom. The van der Waals surface area contributed by atoms with Crippen LogP contribution in [0.15, 0.2) is 6.20 Å². The van der Waals surface area contributed by atoms with E-state index in [1.807, 2.05) is 0 Å². The lowest BCUT2D eigenvalue weighted by Crippen LogP contribution is -2.53. The topological polar surface area (TPSA) is 84.9 Å². The predicted octanol–water partition coefficient (Wildman–Crippen LogP) is 1.52. The monoisotopic (exact) mass is 387 g/mol. The maximum Gasteiger partial charge on any atom is 0.391 e. The molecule has 136 valence electrons. The van der Waals surface area contributed by atoms with Crippen molar-refractivity contribution in [3.63, 3.8) is 0 Å². The van der Waals surface area contributed by atoms with Crippen LogP contribution in [0.5, 0.6) is 0 Å². The molecule has 2 aromatic rings. The highest BCUT2D eigenvalue weighted by Crippen LogP contribution is 2.31. The molecule has 0 radical (unpaired) electrons. The molecule has 3 heterocycles. The van der Waals surface area contributed by atoms with E-state index in [1.54, 1.807) is 18.1 Å². The summed E-state index contributed by atoms with van der Waals surface area (Å²) in [5.74, 6) is 0.432. The molecule has 12 heteroatoms.